The molecule has 1 heterocycles. The highest BCUT2D eigenvalue weighted by Gasteiger charge is 2.20. The summed E-state index contributed by atoms with van der Waals surface area (Å²) in [5, 5.41) is 21.1. The van der Waals surface area contributed by atoms with Crippen molar-refractivity contribution in [3.8, 4) is 0 Å². The number of aliphatic hydroxyl groups is 1. The van der Waals surface area contributed by atoms with E-state index < -0.39 is 6.10 Å². The summed E-state index contributed by atoms with van der Waals surface area (Å²) in [6, 6.07) is 0. The summed E-state index contributed by atoms with van der Waals surface area (Å²) in [6.45, 7) is 6.72. The average Bonchev–Trinajstić information content (AvgIpc) is 2.93. The molecule has 0 radical (unpaired) electrons. The molecule has 6 nitrogen and oxygen atoms in total. The fourth-order valence-electron chi connectivity index (χ4n) is 2.87. The highest BCUT2D eigenvalue weighted by Crippen LogP contribution is 2.25. The van der Waals surface area contributed by atoms with Crippen LogP contribution in [0.4, 0.5) is 0 Å². The number of ether oxygens (including phenoxy) is 1. The fraction of sp³-hybridized carbons (Fsp3) is 0.867. The van der Waals surface area contributed by atoms with Gasteiger partial charge in [-0.25, -0.2) is 0 Å². The predicted octanol–water partition coefficient (Wildman–Crippen LogP) is 1.34. The van der Waals surface area contributed by atoms with Crippen molar-refractivity contribution in [1.82, 2.24) is 20.1 Å². The van der Waals surface area contributed by atoms with Crippen LogP contribution < -0.4 is 5.32 Å². The molecular formula is C15H28N4O2. The van der Waals surface area contributed by atoms with E-state index >= 15 is 0 Å². The standard InChI is InChI=1S/C15H28N4O2/c1-3-19-11-17-18-15(19)9-16-8-13(20)10-21-14-6-4-5-12(2)7-14/h11-14,16,20H,3-10H2,1-2H3. The first-order valence-corrected chi connectivity index (χ1v) is 8.06. The van der Waals surface area contributed by atoms with Crippen LogP contribution in [-0.4, -0.2) is 45.2 Å². The second-order valence-electron chi connectivity index (χ2n) is 6.05. The van der Waals surface area contributed by atoms with Crippen LogP contribution in [0.1, 0.15) is 45.4 Å². The monoisotopic (exact) mass is 296 g/mol. The number of aromatic nitrogens is 3. The Morgan fingerprint density at radius 2 is 2.38 bits per heavy atom. The predicted molar refractivity (Wildman–Crippen MR) is 80.8 cm³/mol. The van der Waals surface area contributed by atoms with Gasteiger partial charge < -0.3 is 19.7 Å². The first kappa shape index (κ1) is 16.4. The van der Waals surface area contributed by atoms with Gasteiger partial charge in [0.2, 0.25) is 0 Å². The van der Waals surface area contributed by atoms with Crippen LogP contribution >= 0.6 is 0 Å². The zero-order chi connectivity index (χ0) is 15.1. The molecule has 0 aromatic carbocycles. The quantitative estimate of drug-likeness (QED) is 0.757. The van der Waals surface area contributed by atoms with Crippen molar-refractivity contribution in [2.75, 3.05) is 13.2 Å². The van der Waals surface area contributed by atoms with Crippen LogP contribution in [0.25, 0.3) is 0 Å². The summed E-state index contributed by atoms with van der Waals surface area (Å²) in [5.41, 5.74) is 0. The molecule has 0 amide bonds. The molecule has 1 aromatic heterocycles. The Labute approximate surface area is 126 Å². The van der Waals surface area contributed by atoms with Gasteiger partial charge in [-0.1, -0.05) is 19.8 Å². The molecule has 1 fully saturated rings. The van der Waals surface area contributed by atoms with Crippen molar-refractivity contribution in [2.45, 2.75) is 64.8 Å². The SMILES string of the molecule is CCn1cnnc1CNCC(O)COC1CCCC(C)C1. The first-order chi connectivity index (χ1) is 10.2. The number of rotatable bonds is 8. The van der Waals surface area contributed by atoms with E-state index in [0.29, 0.717) is 25.8 Å². The minimum Gasteiger partial charge on any atom is -0.389 e. The fourth-order valence-corrected chi connectivity index (χ4v) is 2.87. The van der Waals surface area contributed by atoms with Crippen molar-refractivity contribution in [1.29, 1.82) is 0 Å². The van der Waals surface area contributed by atoms with Crippen LogP contribution in [0.15, 0.2) is 6.33 Å². The van der Waals surface area contributed by atoms with Crippen LogP contribution in [-0.2, 0) is 17.8 Å². The number of nitrogens with zero attached hydrogens (tertiary/aromatic N) is 3. The zero-order valence-electron chi connectivity index (χ0n) is 13.2. The molecule has 1 aromatic rings. The smallest absolute Gasteiger partial charge is 0.146 e. The van der Waals surface area contributed by atoms with Gasteiger partial charge in [-0.15, -0.1) is 10.2 Å². The van der Waals surface area contributed by atoms with Gasteiger partial charge in [0.15, 0.2) is 0 Å². The topological polar surface area (TPSA) is 72.2 Å². The first-order valence-electron chi connectivity index (χ1n) is 8.06. The van der Waals surface area contributed by atoms with E-state index in [4.69, 9.17) is 4.74 Å². The van der Waals surface area contributed by atoms with Gasteiger partial charge >= 0.3 is 0 Å². The maximum atomic E-state index is 9.97. The molecule has 0 aliphatic heterocycles. The summed E-state index contributed by atoms with van der Waals surface area (Å²) in [5.74, 6) is 1.64. The lowest BCUT2D eigenvalue weighted by Crippen LogP contribution is -2.33. The van der Waals surface area contributed by atoms with Crippen LogP contribution in [0.5, 0.6) is 0 Å². The van der Waals surface area contributed by atoms with E-state index in [2.05, 4.69) is 29.4 Å². The number of hydrogen-bond donors (Lipinski definition) is 2. The molecule has 2 N–H and O–H groups in total. The number of aryl methyl sites for hydroxylation is 1. The summed E-state index contributed by atoms with van der Waals surface area (Å²) in [7, 11) is 0. The molecule has 0 spiro atoms. The molecule has 3 unspecified atom stereocenters. The third kappa shape index (κ3) is 5.37. The van der Waals surface area contributed by atoms with Gasteiger partial charge in [0.05, 0.1) is 25.4 Å². The summed E-state index contributed by atoms with van der Waals surface area (Å²) in [6.07, 6.45) is 6.38. The Morgan fingerprint density at radius 1 is 1.52 bits per heavy atom. The van der Waals surface area contributed by atoms with Gasteiger partial charge in [-0.2, -0.15) is 0 Å². The second kappa shape index (κ2) is 8.46. The van der Waals surface area contributed by atoms with Crippen molar-refractivity contribution in [3.05, 3.63) is 12.2 Å². The molecule has 3 atom stereocenters. The average molecular weight is 296 g/mol. The van der Waals surface area contributed by atoms with Gasteiger partial charge in [0, 0.05) is 13.1 Å². The number of aliphatic hydroxyl groups excluding tert-OH is 1. The molecule has 21 heavy (non-hydrogen) atoms. The van der Waals surface area contributed by atoms with E-state index in [-0.39, 0.29) is 0 Å². The minimum atomic E-state index is -0.472. The molecule has 1 aliphatic carbocycles. The molecular weight excluding hydrogens is 268 g/mol. The molecule has 120 valence electrons. The Bertz CT molecular complexity index is 410. The van der Waals surface area contributed by atoms with Crippen molar-refractivity contribution < 1.29 is 9.84 Å². The molecule has 0 saturated heterocycles. The van der Waals surface area contributed by atoms with Gasteiger partial charge in [0.1, 0.15) is 12.2 Å². The van der Waals surface area contributed by atoms with Gasteiger partial charge in [0.25, 0.3) is 0 Å². The van der Waals surface area contributed by atoms with Crippen LogP contribution in [0.3, 0.4) is 0 Å². The van der Waals surface area contributed by atoms with Crippen molar-refractivity contribution in [3.63, 3.8) is 0 Å². The van der Waals surface area contributed by atoms with E-state index in [1.165, 1.54) is 12.8 Å². The molecule has 2 rings (SSSR count). The zero-order valence-corrected chi connectivity index (χ0v) is 13.2. The van der Waals surface area contributed by atoms with Crippen LogP contribution in [0, 0.1) is 5.92 Å². The Kier molecular flexibility index (Phi) is 6.60. The van der Waals surface area contributed by atoms with Gasteiger partial charge in [-0.05, 0) is 25.7 Å². The van der Waals surface area contributed by atoms with E-state index in [9.17, 15) is 5.11 Å². The third-order valence-electron chi connectivity index (χ3n) is 4.11. The van der Waals surface area contributed by atoms with E-state index in [1.54, 1.807) is 6.33 Å². The van der Waals surface area contributed by atoms with E-state index in [1.807, 2.05) is 4.57 Å². The highest BCUT2D eigenvalue weighted by atomic mass is 16.5. The van der Waals surface area contributed by atoms with Crippen molar-refractivity contribution >= 4 is 0 Å². The lowest BCUT2D eigenvalue weighted by Gasteiger charge is -2.27. The molecule has 6 heteroatoms. The lowest BCUT2D eigenvalue weighted by atomic mass is 9.89. The lowest BCUT2D eigenvalue weighted by molar-refractivity contribution is -0.0307. The molecule has 1 saturated carbocycles. The highest BCUT2D eigenvalue weighted by molar-refractivity contribution is 4.84. The third-order valence-corrected chi connectivity index (χ3v) is 4.11. The second-order valence-corrected chi connectivity index (χ2v) is 6.05. The maximum Gasteiger partial charge on any atom is 0.146 e. The Morgan fingerprint density at radius 3 is 3.14 bits per heavy atom. The van der Waals surface area contributed by atoms with Gasteiger partial charge in [-0.3, -0.25) is 0 Å². The summed E-state index contributed by atoms with van der Waals surface area (Å²) < 4.78 is 7.81. The normalized spacial score (nSPS) is 24.1. The Hall–Kier alpha value is -0.980. The van der Waals surface area contributed by atoms with E-state index in [0.717, 1.165) is 31.1 Å². The number of hydrogen-bond acceptors (Lipinski definition) is 5. The number of nitrogens with one attached hydrogen (secondary N) is 1. The minimum absolute atomic E-state index is 0.326. The Balaban J connectivity index is 1.60. The molecule has 1 aliphatic rings. The summed E-state index contributed by atoms with van der Waals surface area (Å²) >= 11 is 0. The summed E-state index contributed by atoms with van der Waals surface area (Å²) in [4.78, 5) is 0. The van der Waals surface area contributed by atoms with Crippen LogP contribution in [0.2, 0.25) is 0 Å². The largest absolute Gasteiger partial charge is 0.389 e. The van der Waals surface area contributed by atoms with Crippen molar-refractivity contribution in [2.24, 2.45) is 5.92 Å². The molecule has 0 bridgehead atoms. The maximum absolute atomic E-state index is 9.97.